The first-order valence-corrected chi connectivity index (χ1v) is 6.95. The van der Waals surface area contributed by atoms with E-state index in [-0.39, 0.29) is 5.69 Å². The van der Waals surface area contributed by atoms with Crippen LogP contribution in [0.1, 0.15) is 11.1 Å². The van der Waals surface area contributed by atoms with Gasteiger partial charge >= 0.3 is 0 Å². The summed E-state index contributed by atoms with van der Waals surface area (Å²) < 4.78 is 0.593. The molecule has 2 aromatic rings. The zero-order valence-electron chi connectivity index (χ0n) is 11.0. The van der Waals surface area contributed by atoms with Crippen molar-refractivity contribution in [2.75, 3.05) is 11.9 Å². The molecular formula is C14H14BrN3O2. The Balaban J connectivity index is 1.96. The van der Waals surface area contributed by atoms with Gasteiger partial charge < -0.3 is 5.32 Å². The molecule has 0 radical (unpaired) electrons. The van der Waals surface area contributed by atoms with Crippen LogP contribution in [0.3, 0.4) is 0 Å². The summed E-state index contributed by atoms with van der Waals surface area (Å²) in [5.41, 5.74) is 2.45. The predicted molar refractivity (Wildman–Crippen MR) is 82.0 cm³/mol. The van der Waals surface area contributed by atoms with Crippen LogP contribution >= 0.6 is 15.9 Å². The van der Waals surface area contributed by atoms with Gasteiger partial charge in [0.15, 0.2) is 0 Å². The lowest BCUT2D eigenvalue weighted by molar-refractivity contribution is -0.385. The molecule has 0 aliphatic heterocycles. The van der Waals surface area contributed by atoms with E-state index in [9.17, 15) is 10.1 Å². The number of nitro groups is 1. The van der Waals surface area contributed by atoms with Crippen LogP contribution in [-0.2, 0) is 6.42 Å². The molecule has 1 heterocycles. The predicted octanol–water partition coefficient (Wildman–Crippen LogP) is 3.72. The highest BCUT2D eigenvalue weighted by molar-refractivity contribution is 9.10. The van der Waals surface area contributed by atoms with E-state index in [0.717, 1.165) is 6.42 Å². The van der Waals surface area contributed by atoms with Gasteiger partial charge in [-0.3, -0.25) is 10.1 Å². The van der Waals surface area contributed by atoms with Gasteiger partial charge in [0, 0.05) is 12.6 Å². The zero-order valence-corrected chi connectivity index (χ0v) is 12.6. The minimum absolute atomic E-state index is 0.0268. The van der Waals surface area contributed by atoms with Gasteiger partial charge in [0.1, 0.15) is 12.0 Å². The SMILES string of the molecule is Cc1cccc(CCNc2ncc([N+](=O)[O-])cc2Br)c1. The molecule has 20 heavy (non-hydrogen) atoms. The van der Waals surface area contributed by atoms with Crippen molar-refractivity contribution in [2.24, 2.45) is 0 Å². The number of pyridine rings is 1. The number of halogens is 1. The topological polar surface area (TPSA) is 68.1 Å². The summed E-state index contributed by atoms with van der Waals surface area (Å²) >= 11 is 3.28. The lowest BCUT2D eigenvalue weighted by Gasteiger charge is -2.07. The fourth-order valence-electron chi connectivity index (χ4n) is 1.85. The first-order chi connectivity index (χ1) is 9.56. The van der Waals surface area contributed by atoms with Crippen LogP contribution in [0.25, 0.3) is 0 Å². The van der Waals surface area contributed by atoms with Crippen LogP contribution in [0.15, 0.2) is 41.0 Å². The van der Waals surface area contributed by atoms with Crippen molar-refractivity contribution in [2.45, 2.75) is 13.3 Å². The van der Waals surface area contributed by atoms with Gasteiger partial charge in [0.25, 0.3) is 5.69 Å². The Morgan fingerprint density at radius 1 is 1.40 bits per heavy atom. The molecule has 2 rings (SSSR count). The Kier molecular flexibility index (Phi) is 4.68. The Hall–Kier alpha value is -1.95. The maximum absolute atomic E-state index is 10.6. The summed E-state index contributed by atoms with van der Waals surface area (Å²) in [6, 6.07) is 9.76. The Morgan fingerprint density at radius 2 is 2.20 bits per heavy atom. The van der Waals surface area contributed by atoms with E-state index in [1.807, 2.05) is 6.07 Å². The van der Waals surface area contributed by atoms with E-state index < -0.39 is 4.92 Å². The summed E-state index contributed by atoms with van der Waals surface area (Å²) in [4.78, 5) is 14.2. The summed E-state index contributed by atoms with van der Waals surface area (Å²) in [5, 5.41) is 13.8. The second-order valence-corrected chi connectivity index (χ2v) is 5.30. The maximum Gasteiger partial charge on any atom is 0.288 e. The molecule has 0 aliphatic rings. The van der Waals surface area contributed by atoms with Gasteiger partial charge in [-0.05, 0) is 34.8 Å². The number of rotatable bonds is 5. The number of nitrogens with one attached hydrogen (secondary N) is 1. The number of benzene rings is 1. The van der Waals surface area contributed by atoms with Crippen LogP contribution in [0.2, 0.25) is 0 Å². The minimum Gasteiger partial charge on any atom is -0.369 e. The van der Waals surface area contributed by atoms with Gasteiger partial charge in [0.2, 0.25) is 0 Å². The molecule has 0 saturated heterocycles. The second-order valence-electron chi connectivity index (χ2n) is 4.45. The average molecular weight is 336 g/mol. The number of aryl methyl sites for hydroxylation is 1. The molecule has 0 bridgehead atoms. The summed E-state index contributed by atoms with van der Waals surface area (Å²) in [6.45, 7) is 2.78. The zero-order chi connectivity index (χ0) is 14.5. The Bertz CT molecular complexity index is 632. The largest absolute Gasteiger partial charge is 0.369 e. The van der Waals surface area contributed by atoms with E-state index in [0.29, 0.717) is 16.8 Å². The highest BCUT2D eigenvalue weighted by Gasteiger charge is 2.10. The van der Waals surface area contributed by atoms with Crippen molar-refractivity contribution in [1.82, 2.24) is 4.98 Å². The summed E-state index contributed by atoms with van der Waals surface area (Å²) in [6.07, 6.45) is 2.12. The van der Waals surface area contributed by atoms with Gasteiger partial charge in [-0.15, -0.1) is 0 Å². The minimum atomic E-state index is -0.464. The van der Waals surface area contributed by atoms with Gasteiger partial charge in [-0.25, -0.2) is 4.98 Å². The number of hydrogen-bond donors (Lipinski definition) is 1. The first-order valence-electron chi connectivity index (χ1n) is 6.15. The third-order valence-electron chi connectivity index (χ3n) is 2.83. The van der Waals surface area contributed by atoms with Crippen LogP contribution in [0, 0.1) is 17.0 Å². The van der Waals surface area contributed by atoms with Crippen molar-refractivity contribution in [1.29, 1.82) is 0 Å². The summed E-state index contributed by atoms with van der Waals surface area (Å²) in [7, 11) is 0. The molecule has 1 aromatic heterocycles. The summed E-state index contributed by atoms with van der Waals surface area (Å²) in [5.74, 6) is 0.614. The fraction of sp³-hybridized carbons (Fsp3) is 0.214. The Morgan fingerprint density at radius 3 is 2.85 bits per heavy atom. The van der Waals surface area contributed by atoms with E-state index >= 15 is 0 Å². The smallest absolute Gasteiger partial charge is 0.288 e. The molecule has 5 nitrogen and oxygen atoms in total. The molecule has 0 amide bonds. The average Bonchev–Trinajstić information content (AvgIpc) is 2.40. The monoisotopic (exact) mass is 335 g/mol. The third-order valence-corrected chi connectivity index (χ3v) is 3.43. The lowest BCUT2D eigenvalue weighted by Crippen LogP contribution is -2.07. The quantitative estimate of drug-likeness (QED) is 0.667. The molecule has 0 aliphatic carbocycles. The number of aromatic nitrogens is 1. The van der Waals surface area contributed by atoms with E-state index in [1.165, 1.54) is 23.4 Å². The van der Waals surface area contributed by atoms with Gasteiger partial charge in [0.05, 0.1) is 9.40 Å². The van der Waals surface area contributed by atoms with Crippen LogP contribution in [-0.4, -0.2) is 16.5 Å². The molecule has 1 aromatic carbocycles. The van der Waals surface area contributed by atoms with E-state index in [1.54, 1.807) is 0 Å². The highest BCUT2D eigenvalue weighted by Crippen LogP contribution is 2.24. The second kappa shape index (κ2) is 6.47. The molecule has 0 unspecified atom stereocenters. The Labute approximate surface area is 125 Å². The lowest BCUT2D eigenvalue weighted by atomic mass is 10.1. The third kappa shape index (κ3) is 3.77. The van der Waals surface area contributed by atoms with Gasteiger partial charge in [-0.2, -0.15) is 0 Å². The van der Waals surface area contributed by atoms with Crippen molar-refractivity contribution in [3.05, 3.63) is 62.2 Å². The van der Waals surface area contributed by atoms with Crippen molar-refractivity contribution in [3.8, 4) is 0 Å². The first kappa shape index (κ1) is 14.5. The van der Waals surface area contributed by atoms with Crippen molar-refractivity contribution in [3.63, 3.8) is 0 Å². The molecule has 0 fully saturated rings. The molecule has 0 spiro atoms. The maximum atomic E-state index is 10.6. The van der Waals surface area contributed by atoms with E-state index in [2.05, 4.69) is 51.4 Å². The van der Waals surface area contributed by atoms with Crippen LogP contribution in [0.4, 0.5) is 11.5 Å². The molecule has 6 heteroatoms. The molecule has 0 atom stereocenters. The highest BCUT2D eigenvalue weighted by atomic mass is 79.9. The molecule has 104 valence electrons. The normalized spacial score (nSPS) is 10.3. The van der Waals surface area contributed by atoms with Crippen molar-refractivity contribution >= 4 is 27.4 Å². The number of nitrogens with zero attached hydrogens (tertiary/aromatic N) is 2. The number of hydrogen-bond acceptors (Lipinski definition) is 4. The standard InChI is InChI=1S/C14H14BrN3O2/c1-10-3-2-4-11(7-10)5-6-16-14-13(15)8-12(9-17-14)18(19)20/h2-4,7-9H,5-6H2,1H3,(H,16,17). The number of anilines is 1. The molecular weight excluding hydrogens is 322 g/mol. The van der Waals surface area contributed by atoms with Crippen molar-refractivity contribution < 1.29 is 4.92 Å². The van der Waals surface area contributed by atoms with E-state index in [4.69, 9.17) is 0 Å². The van der Waals surface area contributed by atoms with Gasteiger partial charge in [-0.1, -0.05) is 29.8 Å². The van der Waals surface area contributed by atoms with Crippen LogP contribution in [0.5, 0.6) is 0 Å². The molecule has 0 saturated carbocycles. The molecule has 1 N–H and O–H groups in total. The van der Waals surface area contributed by atoms with Crippen LogP contribution < -0.4 is 5.32 Å². The fourth-order valence-corrected chi connectivity index (χ4v) is 2.33.